The van der Waals surface area contributed by atoms with Crippen molar-refractivity contribution in [2.24, 2.45) is 0 Å². The Bertz CT molecular complexity index is 1610. The highest BCUT2D eigenvalue weighted by molar-refractivity contribution is 7.92. The zero-order valence-corrected chi connectivity index (χ0v) is 26.7. The van der Waals surface area contributed by atoms with Crippen molar-refractivity contribution in [1.29, 1.82) is 0 Å². The van der Waals surface area contributed by atoms with Gasteiger partial charge in [-0.2, -0.15) is 13.2 Å². The number of aryl methyl sites for hydroxylation is 1. The molecule has 13 heteroatoms. The van der Waals surface area contributed by atoms with Crippen LogP contribution in [-0.2, 0) is 32.3 Å². The number of benzene rings is 3. The fourth-order valence-corrected chi connectivity index (χ4v) is 6.78. The van der Waals surface area contributed by atoms with E-state index in [-0.39, 0.29) is 17.5 Å². The fraction of sp³-hybridized carbons (Fsp3) is 0.375. The van der Waals surface area contributed by atoms with E-state index in [1.807, 2.05) is 0 Å². The summed E-state index contributed by atoms with van der Waals surface area (Å²) in [6.07, 6.45) is -1.32. The third-order valence-corrected chi connectivity index (χ3v) is 9.93. The molecular formula is C32H35ClF3N3O5S. The van der Waals surface area contributed by atoms with Gasteiger partial charge in [-0.3, -0.25) is 13.9 Å². The normalized spacial score (nSPS) is 14.6. The first-order valence-corrected chi connectivity index (χ1v) is 16.2. The van der Waals surface area contributed by atoms with Crippen LogP contribution in [0.4, 0.5) is 18.9 Å². The Balaban J connectivity index is 1.75. The zero-order chi connectivity index (χ0) is 32.9. The molecule has 0 bridgehead atoms. The summed E-state index contributed by atoms with van der Waals surface area (Å²) in [5, 5.41) is 2.35. The molecule has 45 heavy (non-hydrogen) atoms. The number of carbonyl (C=O) groups is 2. The summed E-state index contributed by atoms with van der Waals surface area (Å²) in [6.45, 7) is 2.33. The molecule has 4 rings (SSSR count). The predicted molar refractivity (Wildman–Crippen MR) is 166 cm³/mol. The summed E-state index contributed by atoms with van der Waals surface area (Å²) in [7, 11) is -3.06. The van der Waals surface area contributed by atoms with Crippen molar-refractivity contribution in [3.8, 4) is 5.75 Å². The van der Waals surface area contributed by atoms with E-state index in [9.17, 15) is 31.2 Å². The average Bonchev–Trinajstić information content (AvgIpc) is 3.51. The van der Waals surface area contributed by atoms with Crippen LogP contribution in [0.3, 0.4) is 0 Å². The van der Waals surface area contributed by atoms with Crippen molar-refractivity contribution in [2.75, 3.05) is 18.0 Å². The maximum Gasteiger partial charge on any atom is 0.417 e. The molecule has 0 aromatic heterocycles. The molecule has 1 N–H and O–H groups in total. The number of nitrogens with one attached hydrogen (secondary N) is 1. The third-order valence-electron chi connectivity index (χ3n) is 7.81. The maximum absolute atomic E-state index is 14.1. The molecule has 0 unspecified atom stereocenters. The van der Waals surface area contributed by atoms with Gasteiger partial charge in [-0.15, -0.1) is 0 Å². The molecule has 1 atom stereocenters. The number of hydrogen-bond acceptors (Lipinski definition) is 5. The highest BCUT2D eigenvalue weighted by atomic mass is 35.5. The van der Waals surface area contributed by atoms with Crippen molar-refractivity contribution in [2.45, 2.75) is 69.2 Å². The summed E-state index contributed by atoms with van der Waals surface area (Å²) in [5.41, 5.74) is -0.274. The number of sulfonamides is 1. The number of methoxy groups -OCH3 is 1. The lowest BCUT2D eigenvalue weighted by Crippen LogP contribution is -2.52. The largest absolute Gasteiger partial charge is 0.497 e. The highest BCUT2D eigenvalue weighted by Gasteiger charge is 2.37. The van der Waals surface area contributed by atoms with E-state index in [4.69, 9.17) is 16.3 Å². The lowest BCUT2D eigenvalue weighted by Gasteiger charge is -2.32. The summed E-state index contributed by atoms with van der Waals surface area (Å²) in [6, 6.07) is 14.1. The Morgan fingerprint density at radius 3 is 2.22 bits per heavy atom. The lowest BCUT2D eigenvalue weighted by molar-refractivity contribution is -0.139. The van der Waals surface area contributed by atoms with Crippen molar-refractivity contribution in [3.05, 3.63) is 88.4 Å². The van der Waals surface area contributed by atoms with Crippen LogP contribution in [0.5, 0.6) is 5.75 Å². The Morgan fingerprint density at radius 1 is 1.02 bits per heavy atom. The van der Waals surface area contributed by atoms with Gasteiger partial charge in [0.05, 0.1) is 28.3 Å². The van der Waals surface area contributed by atoms with E-state index < -0.39 is 56.9 Å². The fourth-order valence-electron chi connectivity index (χ4n) is 5.15. The van der Waals surface area contributed by atoms with E-state index in [1.54, 1.807) is 43.3 Å². The van der Waals surface area contributed by atoms with Crippen LogP contribution in [0, 0.1) is 6.92 Å². The number of rotatable bonds is 11. The van der Waals surface area contributed by atoms with Crippen LogP contribution < -0.4 is 14.4 Å². The second kappa shape index (κ2) is 14.1. The number of anilines is 1. The van der Waals surface area contributed by atoms with Crippen molar-refractivity contribution in [1.82, 2.24) is 10.2 Å². The van der Waals surface area contributed by atoms with Crippen LogP contribution in [0.15, 0.2) is 71.6 Å². The minimum Gasteiger partial charge on any atom is -0.497 e. The number of nitrogens with zero attached hydrogens (tertiary/aromatic N) is 2. The first kappa shape index (κ1) is 34.1. The van der Waals surface area contributed by atoms with Gasteiger partial charge in [0.2, 0.25) is 11.8 Å². The molecule has 0 saturated heterocycles. The Hall–Kier alpha value is -3.77. The third kappa shape index (κ3) is 8.29. The van der Waals surface area contributed by atoms with Crippen LogP contribution in [0.2, 0.25) is 5.02 Å². The standard InChI is InChI=1S/C32H35ClF3N3O5S/c1-21-8-15-27(16-9-21)45(42,43)39(25-12-17-29(33)28(18-25)32(34,35)36)20-30(40)38(19-23-10-13-26(44-3)14-11-23)22(2)31(41)37-24-6-4-5-7-24/h8-18,22,24H,4-7,19-20H2,1-3H3,(H,37,41)/t22-/m0/s1. The van der Waals surface area contributed by atoms with E-state index in [1.165, 1.54) is 31.1 Å². The van der Waals surface area contributed by atoms with Gasteiger partial charge in [0.25, 0.3) is 10.0 Å². The van der Waals surface area contributed by atoms with E-state index in [2.05, 4.69) is 5.32 Å². The van der Waals surface area contributed by atoms with Crippen LogP contribution >= 0.6 is 11.6 Å². The molecule has 0 aliphatic heterocycles. The first-order chi connectivity index (χ1) is 21.2. The van der Waals surface area contributed by atoms with Crippen molar-refractivity contribution >= 4 is 39.1 Å². The highest BCUT2D eigenvalue weighted by Crippen LogP contribution is 2.38. The maximum atomic E-state index is 14.1. The predicted octanol–water partition coefficient (Wildman–Crippen LogP) is 6.35. The lowest BCUT2D eigenvalue weighted by atomic mass is 10.1. The summed E-state index contributed by atoms with van der Waals surface area (Å²) in [4.78, 5) is 28.4. The zero-order valence-electron chi connectivity index (χ0n) is 25.1. The molecule has 3 aromatic carbocycles. The molecule has 0 heterocycles. The monoisotopic (exact) mass is 665 g/mol. The smallest absolute Gasteiger partial charge is 0.417 e. The van der Waals surface area contributed by atoms with E-state index in [0.29, 0.717) is 21.7 Å². The first-order valence-electron chi connectivity index (χ1n) is 14.4. The summed E-state index contributed by atoms with van der Waals surface area (Å²) in [5.74, 6) is -0.635. The molecule has 1 fully saturated rings. The minimum atomic E-state index is -4.89. The average molecular weight is 666 g/mol. The van der Waals surface area contributed by atoms with Gasteiger partial charge in [-0.25, -0.2) is 8.42 Å². The van der Waals surface area contributed by atoms with Gasteiger partial charge >= 0.3 is 6.18 Å². The van der Waals surface area contributed by atoms with Gasteiger partial charge in [0.15, 0.2) is 0 Å². The number of ether oxygens (including phenoxy) is 1. The van der Waals surface area contributed by atoms with Gasteiger partial charge in [0.1, 0.15) is 18.3 Å². The second-order valence-electron chi connectivity index (χ2n) is 11.0. The van der Waals surface area contributed by atoms with Gasteiger partial charge < -0.3 is 15.0 Å². The molecule has 1 aliphatic carbocycles. The Morgan fingerprint density at radius 2 is 1.64 bits per heavy atom. The van der Waals surface area contributed by atoms with Crippen molar-refractivity contribution in [3.63, 3.8) is 0 Å². The molecule has 2 amide bonds. The molecule has 0 radical (unpaired) electrons. The van der Waals surface area contributed by atoms with Crippen molar-refractivity contribution < 1.29 is 35.9 Å². The molecule has 8 nitrogen and oxygen atoms in total. The second-order valence-corrected chi connectivity index (χ2v) is 13.3. The van der Waals surface area contributed by atoms with Gasteiger partial charge in [0, 0.05) is 12.6 Å². The Kier molecular flexibility index (Phi) is 10.7. The quantitative estimate of drug-likeness (QED) is 0.258. The number of halogens is 4. The number of alkyl halides is 3. The molecule has 1 aliphatic rings. The number of amides is 2. The van der Waals surface area contributed by atoms with E-state index in [0.717, 1.165) is 43.4 Å². The molecule has 242 valence electrons. The molecule has 0 spiro atoms. The summed E-state index contributed by atoms with van der Waals surface area (Å²) < 4.78 is 75.2. The minimum absolute atomic E-state index is 0.0360. The van der Waals surface area contributed by atoms with Gasteiger partial charge in [-0.1, -0.05) is 54.3 Å². The van der Waals surface area contributed by atoms with Crippen LogP contribution in [-0.4, -0.2) is 50.9 Å². The number of carbonyl (C=O) groups excluding carboxylic acids is 2. The molecule has 1 saturated carbocycles. The summed E-state index contributed by atoms with van der Waals surface area (Å²) >= 11 is 5.83. The van der Waals surface area contributed by atoms with E-state index >= 15 is 0 Å². The Labute approximate surface area is 266 Å². The molecular weight excluding hydrogens is 631 g/mol. The SMILES string of the molecule is COc1ccc(CN(C(=O)CN(c2ccc(Cl)c(C(F)(F)F)c2)S(=O)(=O)c2ccc(C)cc2)[C@@H](C)C(=O)NC2CCCC2)cc1. The number of hydrogen-bond donors (Lipinski definition) is 1. The van der Waals surface area contributed by atoms with Crippen LogP contribution in [0.25, 0.3) is 0 Å². The van der Waals surface area contributed by atoms with Crippen LogP contribution in [0.1, 0.15) is 49.3 Å². The topological polar surface area (TPSA) is 96.0 Å². The van der Waals surface area contributed by atoms with Gasteiger partial charge in [-0.05, 0) is 74.7 Å². The molecule has 3 aromatic rings.